The van der Waals surface area contributed by atoms with Crippen molar-refractivity contribution in [3.05, 3.63) is 57.4 Å². The first-order chi connectivity index (χ1) is 11.5. The Kier molecular flexibility index (Phi) is 4.40. The van der Waals surface area contributed by atoms with Gasteiger partial charge in [-0.1, -0.05) is 28.1 Å². The smallest absolute Gasteiger partial charge is 0.344 e. The molecule has 122 valence electrons. The summed E-state index contributed by atoms with van der Waals surface area (Å²) in [7, 11) is 1.51. The number of benzene rings is 2. The van der Waals surface area contributed by atoms with Crippen molar-refractivity contribution in [2.75, 3.05) is 7.11 Å². The Morgan fingerprint density at radius 1 is 1.17 bits per heavy atom. The molecule has 0 aliphatic rings. The van der Waals surface area contributed by atoms with Gasteiger partial charge in [0.1, 0.15) is 5.75 Å². The zero-order valence-electron chi connectivity index (χ0n) is 13.0. The average molecular weight is 389 g/mol. The van der Waals surface area contributed by atoms with Gasteiger partial charge in [-0.05, 0) is 35.9 Å². The number of carbonyl (C=O) groups is 1. The van der Waals surface area contributed by atoms with Crippen molar-refractivity contribution in [3.63, 3.8) is 0 Å². The van der Waals surface area contributed by atoms with Crippen LogP contribution in [0.5, 0.6) is 11.5 Å². The van der Waals surface area contributed by atoms with Crippen LogP contribution in [0.15, 0.2) is 56.1 Å². The van der Waals surface area contributed by atoms with E-state index in [1.165, 1.54) is 14.0 Å². The van der Waals surface area contributed by atoms with Gasteiger partial charge in [-0.3, -0.25) is 4.79 Å². The van der Waals surface area contributed by atoms with Crippen LogP contribution in [-0.2, 0) is 4.79 Å². The number of rotatable bonds is 3. The van der Waals surface area contributed by atoms with Crippen LogP contribution in [0, 0.1) is 0 Å². The topological polar surface area (TPSA) is 65.7 Å². The summed E-state index contributed by atoms with van der Waals surface area (Å²) in [6.45, 7) is 1.32. The predicted octanol–water partition coefficient (Wildman–Crippen LogP) is 4.16. The summed E-state index contributed by atoms with van der Waals surface area (Å²) in [5.41, 5.74) is 0.855. The lowest BCUT2D eigenvalue weighted by Gasteiger charge is -2.08. The highest BCUT2D eigenvalue weighted by Gasteiger charge is 2.13. The van der Waals surface area contributed by atoms with Gasteiger partial charge in [0.15, 0.2) is 11.3 Å². The number of hydrogen-bond donors (Lipinski definition) is 0. The molecular weight excluding hydrogens is 376 g/mol. The standard InChI is InChI=1S/C18H13BrO5/c1-10(20)23-14-5-3-4-11(7-14)15-8-12-6-13(19)9-16(22-2)17(12)24-18(15)21/h3-9H,1-2H3. The lowest BCUT2D eigenvalue weighted by atomic mass is 10.1. The Balaban J connectivity index is 2.18. The van der Waals surface area contributed by atoms with E-state index in [1.807, 2.05) is 6.07 Å². The first kappa shape index (κ1) is 16.3. The highest BCUT2D eigenvalue weighted by atomic mass is 79.9. The Hall–Kier alpha value is -2.60. The summed E-state index contributed by atoms with van der Waals surface area (Å²) in [5.74, 6) is 0.411. The van der Waals surface area contributed by atoms with Gasteiger partial charge in [-0.15, -0.1) is 0 Å². The van der Waals surface area contributed by atoms with Crippen molar-refractivity contribution in [1.82, 2.24) is 0 Å². The molecule has 0 atom stereocenters. The van der Waals surface area contributed by atoms with Crippen LogP contribution in [0.1, 0.15) is 6.92 Å². The van der Waals surface area contributed by atoms with E-state index in [2.05, 4.69) is 15.9 Å². The Labute approximate surface area is 145 Å². The van der Waals surface area contributed by atoms with Gasteiger partial charge in [-0.25, -0.2) is 4.79 Å². The fourth-order valence-electron chi connectivity index (χ4n) is 2.41. The number of methoxy groups -OCH3 is 1. The maximum absolute atomic E-state index is 12.4. The number of esters is 1. The Morgan fingerprint density at radius 3 is 2.67 bits per heavy atom. The molecule has 5 nitrogen and oxygen atoms in total. The van der Waals surface area contributed by atoms with E-state index < -0.39 is 11.6 Å². The molecule has 3 rings (SSSR count). The number of carbonyl (C=O) groups excluding carboxylic acids is 1. The summed E-state index contributed by atoms with van der Waals surface area (Å²) in [4.78, 5) is 23.5. The summed E-state index contributed by atoms with van der Waals surface area (Å²) in [6.07, 6.45) is 0. The zero-order chi connectivity index (χ0) is 17.3. The van der Waals surface area contributed by atoms with Crippen molar-refractivity contribution in [2.24, 2.45) is 0 Å². The molecule has 6 heteroatoms. The van der Waals surface area contributed by atoms with Crippen molar-refractivity contribution >= 4 is 32.9 Å². The van der Waals surface area contributed by atoms with Gasteiger partial charge >= 0.3 is 11.6 Å². The molecule has 0 saturated carbocycles. The Morgan fingerprint density at radius 2 is 1.96 bits per heavy atom. The van der Waals surface area contributed by atoms with E-state index in [-0.39, 0.29) is 0 Å². The first-order valence-corrected chi connectivity index (χ1v) is 7.87. The van der Waals surface area contributed by atoms with E-state index in [4.69, 9.17) is 13.9 Å². The molecule has 0 amide bonds. The number of hydrogen-bond acceptors (Lipinski definition) is 5. The molecule has 0 N–H and O–H groups in total. The Bertz CT molecular complexity index is 990. The number of ether oxygens (including phenoxy) is 2. The summed E-state index contributed by atoms with van der Waals surface area (Å²) in [5, 5.41) is 0.716. The molecule has 1 aromatic heterocycles. The molecule has 3 aromatic rings. The van der Waals surface area contributed by atoms with Gasteiger partial charge in [-0.2, -0.15) is 0 Å². The maximum Gasteiger partial charge on any atom is 0.344 e. The monoisotopic (exact) mass is 388 g/mol. The van der Waals surface area contributed by atoms with Gasteiger partial charge < -0.3 is 13.9 Å². The number of halogens is 1. The fourth-order valence-corrected chi connectivity index (χ4v) is 2.87. The molecule has 0 bridgehead atoms. The SMILES string of the molecule is COc1cc(Br)cc2cc(-c3cccc(OC(C)=O)c3)c(=O)oc12. The second-order valence-electron chi connectivity index (χ2n) is 5.10. The normalized spacial score (nSPS) is 10.6. The van der Waals surface area contributed by atoms with Crippen LogP contribution >= 0.6 is 15.9 Å². The quantitative estimate of drug-likeness (QED) is 0.383. The molecule has 2 aromatic carbocycles. The molecule has 1 heterocycles. The van der Waals surface area contributed by atoms with E-state index >= 15 is 0 Å². The minimum absolute atomic E-state index is 0.367. The second-order valence-corrected chi connectivity index (χ2v) is 6.01. The highest BCUT2D eigenvalue weighted by molar-refractivity contribution is 9.10. The second kappa shape index (κ2) is 6.49. The third-order valence-electron chi connectivity index (χ3n) is 3.39. The van der Waals surface area contributed by atoms with Crippen molar-refractivity contribution in [2.45, 2.75) is 6.92 Å². The van der Waals surface area contributed by atoms with E-state index in [9.17, 15) is 9.59 Å². The third-order valence-corrected chi connectivity index (χ3v) is 3.85. The largest absolute Gasteiger partial charge is 0.493 e. The molecular formula is C18H13BrO5. The average Bonchev–Trinajstić information content (AvgIpc) is 2.53. The molecule has 0 aliphatic heterocycles. The molecule has 0 unspecified atom stereocenters. The van der Waals surface area contributed by atoms with Gasteiger partial charge in [0.05, 0.1) is 12.7 Å². The van der Waals surface area contributed by atoms with E-state index in [0.717, 1.165) is 4.47 Å². The predicted molar refractivity (Wildman–Crippen MR) is 93.5 cm³/mol. The van der Waals surface area contributed by atoms with Crippen LogP contribution in [0.25, 0.3) is 22.1 Å². The van der Waals surface area contributed by atoms with Crippen LogP contribution < -0.4 is 15.1 Å². The molecule has 0 fully saturated rings. The van der Waals surface area contributed by atoms with Gasteiger partial charge in [0.25, 0.3) is 0 Å². The van der Waals surface area contributed by atoms with Crippen LogP contribution in [0.4, 0.5) is 0 Å². The third kappa shape index (κ3) is 3.19. The van der Waals surface area contributed by atoms with E-state index in [0.29, 0.717) is 33.6 Å². The molecule has 0 spiro atoms. The summed E-state index contributed by atoms with van der Waals surface area (Å²) < 4.78 is 16.6. The molecule has 24 heavy (non-hydrogen) atoms. The van der Waals surface area contributed by atoms with Gasteiger partial charge in [0, 0.05) is 16.8 Å². The van der Waals surface area contributed by atoms with Crippen molar-refractivity contribution in [3.8, 4) is 22.6 Å². The maximum atomic E-state index is 12.4. The van der Waals surface area contributed by atoms with Gasteiger partial charge in [0.2, 0.25) is 0 Å². The van der Waals surface area contributed by atoms with Crippen LogP contribution in [0.2, 0.25) is 0 Å². The number of fused-ring (bicyclic) bond motifs is 1. The first-order valence-electron chi connectivity index (χ1n) is 7.08. The highest BCUT2D eigenvalue weighted by Crippen LogP contribution is 2.32. The summed E-state index contributed by atoms with van der Waals surface area (Å²) >= 11 is 3.40. The van der Waals surface area contributed by atoms with Crippen molar-refractivity contribution < 1.29 is 18.7 Å². The zero-order valence-corrected chi connectivity index (χ0v) is 14.5. The van der Waals surface area contributed by atoms with Crippen LogP contribution in [-0.4, -0.2) is 13.1 Å². The lowest BCUT2D eigenvalue weighted by molar-refractivity contribution is -0.131. The molecule has 0 radical (unpaired) electrons. The minimum atomic E-state index is -0.497. The summed E-state index contributed by atoms with van der Waals surface area (Å²) in [6, 6.07) is 12.0. The minimum Gasteiger partial charge on any atom is -0.493 e. The van der Waals surface area contributed by atoms with E-state index in [1.54, 1.807) is 36.4 Å². The lowest BCUT2D eigenvalue weighted by Crippen LogP contribution is -2.05. The van der Waals surface area contributed by atoms with Crippen molar-refractivity contribution in [1.29, 1.82) is 0 Å². The van der Waals surface area contributed by atoms with Crippen LogP contribution in [0.3, 0.4) is 0 Å². The molecule has 0 aliphatic carbocycles. The fraction of sp³-hybridized carbons (Fsp3) is 0.111. The molecule has 0 saturated heterocycles.